The summed E-state index contributed by atoms with van der Waals surface area (Å²) in [7, 11) is 0. The van der Waals surface area contributed by atoms with Crippen molar-refractivity contribution in [2.75, 3.05) is 6.61 Å². The highest BCUT2D eigenvalue weighted by molar-refractivity contribution is 6.30. The molecule has 2 N–H and O–H groups in total. The molecular formula is C11H11ClO2. The van der Waals surface area contributed by atoms with Gasteiger partial charge in [-0.25, -0.2) is 0 Å². The number of aryl methyl sites for hydroxylation is 1. The molecule has 0 aliphatic rings. The molecule has 0 unspecified atom stereocenters. The van der Waals surface area contributed by atoms with E-state index in [0.717, 1.165) is 0 Å². The summed E-state index contributed by atoms with van der Waals surface area (Å²) in [4.78, 5) is 0. The lowest BCUT2D eigenvalue weighted by Crippen LogP contribution is -1.83. The van der Waals surface area contributed by atoms with Crippen molar-refractivity contribution in [2.24, 2.45) is 0 Å². The molecule has 1 aromatic rings. The van der Waals surface area contributed by atoms with Gasteiger partial charge in [0.05, 0.1) is 12.2 Å². The third-order valence-electron chi connectivity index (χ3n) is 1.73. The molecule has 0 atom stereocenters. The van der Waals surface area contributed by atoms with E-state index in [-0.39, 0.29) is 12.4 Å². The van der Waals surface area contributed by atoms with Gasteiger partial charge in [0.15, 0.2) is 0 Å². The largest absolute Gasteiger partial charge is 0.506 e. The number of aliphatic hydroxyl groups is 1. The summed E-state index contributed by atoms with van der Waals surface area (Å²) in [5, 5.41) is 18.7. The van der Waals surface area contributed by atoms with E-state index < -0.39 is 0 Å². The highest BCUT2D eigenvalue weighted by atomic mass is 35.5. The summed E-state index contributed by atoms with van der Waals surface area (Å²) in [6.07, 6.45) is 0.394. The van der Waals surface area contributed by atoms with Crippen LogP contribution in [-0.4, -0.2) is 16.8 Å². The van der Waals surface area contributed by atoms with Gasteiger partial charge in [0.1, 0.15) is 5.75 Å². The minimum absolute atomic E-state index is 0.0211. The molecule has 0 fully saturated rings. The van der Waals surface area contributed by atoms with E-state index in [1.165, 1.54) is 0 Å². The fourth-order valence-electron chi connectivity index (χ4n) is 1.04. The summed E-state index contributed by atoms with van der Waals surface area (Å²) in [6.45, 7) is 1.78. The second kappa shape index (κ2) is 4.90. The number of rotatable bonds is 1. The summed E-state index contributed by atoms with van der Waals surface area (Å²) in [6, 6.07) is 3.28. The van der Waals surface area contributed by atoms with Crippen molar-refractivity contribution in [3.05, 3.63) is 28.3 Å². The van der Waals surface area contributed by atoms with Crippen molar-refractivity contribution < 1.29 is 10.2 Å². The molecular weight excluding hydrogens is 200 g/mol. The van der Waals surface area contributed by atoms with Crippen molar-refractivity contribution in [3.8, 4) is 17.6 Å². The molecule has 0 heterocycles. The lowest BCUT2D eigenvalue weighted by molar-refractivity contribution is 0.305. The predicted molar refractivity (Wildman–Crippen MR) is 56.4 cm³/mol. The number of aromatic hydroxyl groups is 1. The molecule has 0 aromatic heterocycles. The third-order valence-corrected chi connectivity index (χ3v) is 1.94. The monoisotopic (exact) mass is 210 g/mol. The smallest absolute Gasteiger partial charge is 0.134 e. The van der Waals surface area contributed by atoms with E-state index in [9.17, 15) is 5.11 Å². The van der Waals surface area contributed by atoms with Gasteiger partial charge < -0.3 is 10.2 Å². The van der Waals surface area contributed by atoms with Crippen LogP contribution in [0.2, 0.25) is 5.02 Å². The minimum Gasteiger partial charge on any atom is -0.506 e. The minimum atomic E-state index is 0.0211. The maximum atomic E-state index is 9.60. The van der Waals surface area contributed by atoms with Gasteiger partial charge in [0.2, 0.25) is 0 Å². The van der Waals surface area contributed by atoms with Crippen LogP contribution in [0.1, 0.15) is 17.5 Å². The third kappa shape index (κ3) is 2.66. The van der Waals surface area contributed by atoms with Crippen molar-refractivity contribution in [1.29, 1.82) is 0 Å². The standard InChI is InChI=1S/C11H11ClO2/c1-8-6-10(12)7-9(11(8)14)4-2-3-5-13/h6-7,13-14H,3,5H2,1H3. The Balaban J connectivity index is 3.04. The zero-order valence-corrected chi connectivity index (χ0v) is 8.60. The van der Waals surface area contributed by atoms with Gasteiger partial charge in [-0.05, 0) is 24.6 Å². The molecule has 1 aromatic carbocycles. The number of aliphatic hydroxyl groups excluding tert-OH is 1. The Hall–Kier alpha value is -1.17. The number of phenolic OH excluding ortho intramolecular Hbond substituents is 1. The van der Waals surface area contributed by atoms with E-state index in [4.69, 9.17) is 16.7 Å². The van der Waals surface area contributed by atoms with Crippen LogP contribution in [0.5, 0.6) is 5.75 Å². The van der Waals surface area contributed by atoms with Crippen LogP contribution in [0.15, 0.2) is 12.1 Å². The van der Waals surface area contributed by atoms with Gasteiger partial charge in [-0.15, -0.1) is 0 Å². The van der Waals surface area contributed by atoms with Crippen LogP contribution in [0.25, 0.3) is 0 Å². The normalized spacial score (nSPS) is 9.36. The van der Waals surface area contributed by atoms with Gasteiger partial charge in [0, 0.05) is 11.4 Å². The van der Waals surface area contributed by atoms with E-state index in [1.54, 1.807) is 19.1 Å². The fourth-order valence-corrected chi connectivity index (χ4v) is 1.32. The van der Waals surface area contributed by atoms with Gasteiger partial charge >= 0.3 is 0 Å². The molecule has 0 spiro atoms. The van der Waals surface area contributed by atoms with E-state index >= 15 is 0 Å². The van der Waals surface area contributed by atoms with Crippen LogP contribution in [0.4, 0.5) is 0 Å². The number of benzene rings is 1. The second-order valence-corrected chi connectivity index (χ2v) is 3.33. The molecule has 0 aliphatic carbocycles. The SMILES string of the molecule is Cc1cc(Cl)cc(C#CCCO)c1O. The van der Waals surface area contributed by atoms with Crippen molar-refractivity contribution in [2.45, 2.75) is 13.3 Å². The summed E-state index contributed by atoms with van der Waals surface area (Å²) >= 11 is 5.81. The Bertz CT molecular complexity index is 388. The summed E-state index contributed by atoms with van der Waals surface area (Å²) in [5.41, 5.74) is 1.20. The number of hydrogen-bond donors (Lipinski definition) is 2. The maximum Gasteiger partial charge on any atom is 0.134 e. The highest BCUT2D eigenvalue weighted by Gasteiger charge is 2.03. The van der Waals surface area contributed by atoms with Gasteiger partial charge in [-0.1, -0.05) is 23.4 Å². The molecule has 74 valence electrons. The van der Waals surface area contributed by atoms with Crippen molar-refractivity contribution in [3.63, 3.8) is 0 Å². The van der Waals surface area contributed by atoms with Crippen molar-refractivity contribution in [1.82, 2.24) is 0 Å². The zero-order chi connectivity index (χ0) is 10.6. The number of halogens is 1. The van der Waals surface area contributed by atoms with E-state index in [0.29, 0.717) is 22.6 Å². The Kier molecular flexibility index (Phi) is 3.82. The first-order valence-corrected chi connectivity index (χ1v) is 4.62. The first-order chi connectivity index (χ1) is 6.65. The summed E-state index contributed by atoms with van der Waals surface area (Å²) in [5.74, 6) is 5.63. The lowest BCUT2D eigenvalue weighted by Gasteiger charge is -2.01. The average molecular weight is 211 g/mol. The van der Waals surface area contributed by atoms with Gasteiger partial charge in [-0.3, -0.25) is 0 Å². The Labute approximate surface area is 88.1 Å². The Morgan fingerprint density at radius 3 is 2.79 bits per heavy atom. The second-order valence-electron chi connectivity index (χ2n) is 2.89. The van der Waals surface area contributed by atoms with E-state index in [1.807, 2.05) is 0 Å². The molecule has 0 saturated carbocycles. The fraction of sp³-hybridized carbons (Fsp3) is 0.273. The van der Waals surface area contributed by atoms with Crippen LogP contribution in [-0.2, 0) is 0 Å². The molecule has 0 aliphatic heterocycles. The maximum absolute atomic E-state index is 9.60. The van der Waals surface area contributed by atoms with Crippen molar-refractivity contribution >= 4 is 11.6 Å². The molecule has 1 rings (SSSR count). The Morgan fingerprint density at radius 1 is 1.43 bits per heavy atom. The Morgan fingerprint density at radius 2 is 2.14 bits per heavy atom. The first-order valence-electron chi connectivity index (χ1n) is 4.24. The molecule has 3 heteroatoms. The number of phenols is 1. The van der Waals surface area contributed by atoms with Crippen LogP contribution < -0.4 is 0 Å². The van der Waals surface area contributed by atoms with Crippen LogP contribution in [0.3, 0.4) is 0 Å². The van der Waals surface area contributed by atoms with Crippen LogP contribution >= 0.6 is 11.6 Å². The molecule has 0 radical (unpaired) electrons. The van der Waals surface area contributed by atoms with Gasteiger partial charge in [0.25, 0.3) is 0 Å². The van der Waals surface area contributed by atoms with Gasteiger partial charge in [-0.2, -0.15) is 0 Å². The van der Waals surface area contributed by atoms with E-state index in [2.05, 4.69) is 11.8 Å². The quantitative estimate of drug-likeness (QED) is 0.697. The molecule has 14 heavy (non-hydrogen) atoms. The molecule has 2 nitrogen and oxygen atoms in total. The topological polar surface area (TPSA) is 40.5 Å². The lowest BCUT2D eigenvalue weighted by atomic mass is 10.1. The number of hydrogen-bond acceptors (Lipinski definition) is 2. The van der Waals surface area contributed by atoms with Crippen LogP contribution in [0, 0.1) is 18.8 Å². The molecule has 0 saturated heterocycles. The first kappa shape index (κ1) is 10.9. The molecule has 0 bridgehead atoms. The average Bonchev–Trinajstić information content (AvgIpc) is 2.13. The highest BCUT2D eigenvalue weighted by Crippen LogP contribution is 2.25. The molecule has 0 amide bonds. The predicted octanol–water partition coefficient (Wildman–Crippen LogP) is 2.09. The summed E-state index contributed by atoms with van der Waals surface area (Å²) < 4.78 is 0. The zero-order valence-electron chi connectivity index (χ0n) is 7.84.